The molecule has 0 fully saturated rings. The number of nitrogens with zero attached hydrogens (tertiary/aromatic N) is 4. The van der Waals surface area contributed by atoms with E-state index in [-0.39, 0.29) is 94.6 Å². The summed E-state index contributed by atoms with van der Waals surface area (Å²) in [5.74, 6) is -4.82. The number of carboxylic acids is 4. The van der Waals surface area contributed by atoms with E-state index in [1.807, 2.05) is 0 Å². The number of hydrogen-bond donors (Lipinski definition) is 4. The second kappa shape index (κ2) is 13.8. The number of carboxylic acid groups (broad SMARTS) is 4. The van der Waals surface area contributed by atoms with Crippen LogP contribution in [0.15, 0.2) is 58.4 Å². The molecule has 2 aromatic carbocycles. The van der Waals surface area contributed by atoms with Crippen LogP contribution in [0.3, 0.4) is 0 Å². The topological polar surface area (TPSA) is 255 Å². The number of benzene rings is 2. The van der Waals surface area contributed by atoms with Gasteiger partial charge in [-0.2, -0.15) is 0 Å². The monoisotopic (exact) mass is 694 g/mol. The van der Waals surface area contributed by atoms with E-state index in [4.69, 9.17) is 10.2 Å². The molecule has 4 heterocycles. The number of aromatic nitrogens is 6. The molecule has 4 N–H and O–H groups in total. The van der Waals surface area contributed by atoms with E-state index in [9.17, 15) is 39.0 Å². The first-order valence-corrected chi connectivity index (χ1v) is 14.3. The predicted molar refractivity (Wildman–Crippen MR) is 159 cm³/mol. The molecule has 4 aromatic heterocycles. The zero-order chi connectivity index (χ0) is 34.0. The summed E-state index contributed by atoms with van der Waals surface area (Å²) < 4.78 is 2.87. The third-order valence-electron chi connectivity index (χ3n) is 8.33. The second-order valence-electron chi connectivity index (χ2n) is 11.1. The van der Waals surface area contributed by atoms with Gasteiger partial charge in [0.15, 0.2) is 0 Å². The number of carbonyl (C=O) groups excluding carboxylic acids is 2. The van der Waals surface area contributed by atoms with E-state index in [1.54, 1.807) is 36.4 Å². The summed E-state index contributed by atoms with van der Waals surface area (Å²) >= 11 is 0. The molecule has 0 saturated heterocycles. The Morgan fingerprint density at radius 3 is 1.40 bits per heavy atom. The van der Waals surface area contributed by atoms with Crippen LogP contribution in [0.1, 0.15) is 54.6 Å². The van der Waals surface area contributed by atoms with Gasteiger partial charge in [0.1, 0.15) is 11.4 Å². The average molecular weight is 695 g/mol. The van der Waals surface area contributed by atoms with Crippen molar-refractivity contribution in [2.75, 3.05) is 0 Å². The molecule has 240 valence electrons. The number of imidazole rings is 2. The Hall–Kier alpha value is -4.84. The summed E-state index contributed by atoms with van der Waals surface area (Å²) in [6.07, 6.45) is 3.01. The summed E-state index contributed by atoms with van der Waals surface area (Å²) in [6.45, 7) is 0. The third-order valence-corrected chi connectivity index (χ3v) is 8.33. The standard InChI is InChI=1S/2C16H11N3O5.2Na/c2*20-12(21)4-7-2-1-3-8-9(7)5-11-13(8)18-15(22)14-17-10(16(23)24)6-19(11)14;;/h2*1-3,6H,4-5H2,(H,18,22)(H,20,21)(H,23,24);;/q;;2*+1/p-2. The van der Waals surface area contributed by atoms with Gasteiger partial charge in [-0.05, 0) is 22.3 Å². The van der Waals surface area contributed by atoms with Crippen molar-refractivity contribution < 1.29 is 98.7 Å². The number of carbonyl (C=O) groups is 4. The van der Waals surface area contributed by atoms with Crippen LogP contribution in [-0.4, -0.2) is 62.8 Å². The van der Waals surface area contributed by atoms with E-state index in [1.165, 1.54) is 21.2 Å². The van der Waals surface area contributed by atoms with Crippen molar-refractivity contribution in [2.24, 2.45) is 0 Å². The molecule has 2 aliphatic rings. The maximum atomic E-state index is 12.2. The van der Waals surface area contributed by atoms with Gasteiger partial charge in [0.2, 0.25) is 11.3 Å². The van der Waals surface area contributed by atoms with Gasteiger partial charge in [0.05, 0.1) is 47.6 Å². The Morgan fingerprint density at radius 2 is 1.06 bits per heavy atom. The molecular weight excluding hydrogens is 674 g/mol. The van der Waals surface area contributed by atoms with E-state index < -0.39 is 35.0 Å². The van der Waals surface area contributed by atoms with E-state index in [0.29, 0.717) is 46.7 Å². The maximum absolute atomic E-state index is 12.2. The van der Waals surface area contributed by atoms with Crippen molar-refractivity contribution in [3.63, 3.8) is 0 Å². The average Bonchev–Trinajstić information content (AvgIpc) is 3.81. The van der Waals surface area contributed by atoms with Crippen molar-refractivity contribution in [3.8, 4) is 22.5 Å². The van der Waals surface area contributed by atoms with Crippen LogP contribution in [0, 0.1) is 0 Å². The molecular formula is C32H20N6Na2O10. The van der Waals surface area contributed by atoms with Crippen molar-refractivity contribution in [1.82, 2.24) is 28.7 Å². The molecule has 0 spiro atoms. The summed E-state index contributed by atoms with van der Waals surface area (Å²) in [7, 11) is 0. The van der Waals surface area contributed by atoms with Crippen molar-refractivity contribution >= 4 is 35.2 Å². The zero-order valence-electron chi connectivity index (χ0n) is 26.4. The minimum Gasteiger partial charge on any atom is -0.543 e. The first kappa shape index (κ1) is 36.4. The summed E-state index contributed by atoms with van der Waals surface area (Å²) in [4.78, 5) is 81.5. The normalized spacial score (nSPS) is 11.7. The van der Waals surface area contributed by atoms with Gasteiger partial charge < -0.3 is 40.0 Å². The SMILES string of the molecule is O=C(O)Cc1cccc2c1Cc1c-2[nH]c(=O)c2nc(C(=O)[O-])cn12.O=C(O)Cc1cccc2c1Cc1c-2[nH]c(=O)c2nc(C(=O)[O-])cn12.[Na+].[Na+]. The molecule has 6 aromatic rings. The van der Waals surface area contributed by atoms with Gasteiger partial charge in [0.25, 0.3) is 11.1 Å². The van der Waals surface area contributed by atoms with Crippen molar-refractivity contribution in [1.29, 1.82) is 0 Å². The Morgan fingerprint density at radius 1 is 0.680 bits per heavy atom. The van der Waals surface area contributed by atoms with Crippen LogP contribution >= 0.6 is 0 Å². The minimum absolute atomic E-state index is 0. The molecule has 0 unspecified atom stereocenters. The van der Waals surface area contributed by atoms with Gasteiger partial charge in [0, 0.05) is 36.4 Å². The molecule has 0 radical (unpaired) electrons. The molecule has 0 bridgehead atoms. The maximum Gasteiger partial charge on any atom is 1.00 e. The van der Waals surface area contributed by atoms with Gasteiger partial charge in [-0.25, -0.2) is 9.97 Å². The fourth-order valence-electron chi connectivity index (χ4n) is 6.35. The fraction of sp³-hybridized carbons (Fsp3) is 0.125. The van der Waals surface area contributed by atoms with Crippen LogP contribution in [-0.2, 0) is 35.3 Å². The van der Waals surface area contributed by atoms with Gasteiger partial charge in [-0.1, -0.05) is 36.4 Å². The number of aromatic carboxylic acids is 2. The van der Waals surface area contributed by atoms with E-state index >= 15 is 0 Å². The number of aromatic amines is 2. The predicted octanol–water partition coefficient (Wildman–Crippen LogP) is -6.82. The Kier molecular flexibility index (Phi) is 10.1. The summed E-state index contributed by atoms with van der Waals surface area (Å²) in [6, 6.07) is 10.5. The van der Waals surface area contributed by atoms with Crippen LogP contribution in [0.2, 0.25) is 0 Å². The molecule has 2 aliphatic carbocycles. The van der Waals surface area contributed by atoms with Crippen LogP contribution in [0.4, 0.5) is 0 Å². The first-order chi connectivity index (χ1) is 22.9. The van der Waals surface area contributed by atoms with Crippen molar-refractivity contribution in [2.45, 2.75) is 25.7 Å². The van der Waals surface area contributed by atoms with Gasteiger partial charge >= 0.3 is 71.1 Å². The summed E-state index contributed by atoms with van der Waals surface area (Å²) in [5.41, 5.74) is 5.11. The minimum atomic E-state index is -1.46. The zero-order valence-corrected chi connectivity index (χ0v) is 30.4. The Labute approximate surface area is 323 Å². The number of aliphatic carboxylic acids is 2. The fourth-order valence-corrected chi connectivity index (χ4v) is 6.35. The molecule has 16 nitrogen and oxygen atoms in total. The number of H-pyrrole nitrogens is 2. The van der Waals surface area contributed by atoms with Crippen LogP contribution in [0.5, 0.6) is 0 Å². The van der Waals surface area contributed by atoms with Crippen LogP contribution in [0.25, 0.3) is 33.8 Å². The molecule has 0 atom stereocenters. The molecule has 0 saturated carbocycles. The van der Waals surface area contributed by atoms with Gasteiger partial charge in [-0.15, -0.1) is 0 Å². The van der Waals surface area contributed by atoms with E-state index in [0.717, 1.165) is 22.3 Å². The quantitative estimate of drug-likeness (QED) is 0.119. The smallest absolute Gasteiger partial charge is 0.543 e. The molecule has 0 aliphatic heterocycles. The van der Waals surface area contributed by atoms with Gasteiger partial charge in [-0.3, -0.25) is 28.0 Å². The Bertz CT molecular complexity index is 2370. The molecule has 18 heteroatoms. The molecule has 50 heavy (non-hydrogen) atoms. The number of rotatable bonds is 6. The molecule has 8 rings (SSSR count). The van der Waals surface area contributed by atoms with Crippen LogP contribution < -0.4 is 80.4 Å². The first-order valence-electron chi connectivity index (χ1n) is 14.3. The number of fused-ring (bicyclic) bond motifs is 10. The Balaban J connectivity index is 0.000000187. The molecule has 0 amide bonds. The second-order valence-corrected chi connectivity index (χ2v) is 11.1. The van der Waals surface area contributed by atoms with Crippen molar-refractivity contribution in [3.05, 3.63) is 115 Å². The summed E-state index contributed by atoms with van der Waals surface area (Å²) in [5, 5.41) is 40.1. The third kappa shape index (κ3) is 6.21. The largest absolute Gasteiger partial charge is 1.00 e. The number of hydrogen-bond acceptors (Lipinski definition) is 10. The number of nitrogens with one attached hydrogen (secondary N) is 2. The van der Waals surface area contributed by atoms with E-state index in [2.05, 4.69) is 19.9 Å².